The van der Waals surface area contributed by atoms with Crippen molar-refractivity contribution in [2.24, 2.45) is 0 Å². The number of nitrogens with one attached hydrogen (secondary N) is 1. The van der Waals surface area contributed by atoms with Gasteiger partial charge in [0.15, 0.2) is 9.84 Å². The van der Waals surface area contributed by atoms with E-state index < -0.39 is 21.8 Å². The molecule has 230 valence electrons. The van der Waals surface area contributed by atoms with Gasteiger partial charge in [-0.2, -0.15) is 0 Å². The lowest BCUT2D eigenvalue weighted by Gasteiger charge is -2.17. The zero-order valence-electron chi connectivity index (χ0n) is 25.3. The summed E-state index contributed by atoms with van der Waals surface area (Å²) in [6.07, 6.45) is 3.13. The molecule has 0 spiro atoms. The normalized spacial score (nSPS) is 12.1. The van der Waals surface area contributed by atoms with Gasteiger partial charge in [0.05, 0.1) is 27.6 Å². The monoisotopic (exact) mass is 628 g/mol. The van der Waals surface area contributed by atoms with Crippen molar-refractivity contribution < 1.29 is 23.1 Å². The first-order valence-corrected chi connectivity index (χ1v) is 16.7. The molecule has 0 unspecified atom stereocenters. The molecule has 0 aliphatic rings. The Labute approximate surface area is 267 Å². The van der Waals surface area contributed by atoms with Crippen LogP contribution < -0.4 is 5.32 Å². The summed E-state index contributed by atoms with van der Waals surface area (Å²) < 4.78 is 26.7. The Morgan fingerprint density at radius 3 is 2.13 bits per heavy atom. The number of sulfone groups is 1. The van der Waals surface area contributed by atoms with Crippen LogP contribution in [0.2, 0.25) is 0 Å². The molecule has 0 bridgehead atoms. The van der Waals surface area contributed by atoms with Gasteiger partial charge in [-0.3, -0.25) is 4.79 Å². The van der Waals surface area contributed by atoms with Crippen LogP contribution in [0.1, 0.15) is 44.8 Å². The fourth-order valence-electron chi connectivity index (χ4n) is 5.68. The van der Waals surface area contributed by atoms with Gasteiger partial charge in [0.1, 0.15) is 0 Å². The van der Waals surface area contributed by atoms with Crippen molar-refractivity contribution in [3.05, 3.63) is 150 Å². The number of hydrogen-bond donors (Lipinski definition) is 2. The van der Waals surface area contributed by atoms with Gasteiger partial charge in [0.25, 0.3) is 5.91 Å². The van der Waals surface area contributed by atoms with E-state index in [0.29, 0.717) is 23.2 Å². The minimum Gasteiger partial charge on any atom is -0.478 e. The molecule has 6 rings (SSSR count). The largest absolute Gasteiger partial charge is 0.478 e. The first kappa shape index (κ1) is 30.6. The number of carbonyl (C=O) groups excluding carboxylic acids is 1. The third-order valence-corrected chi connectivity index (χ3v) is 9.20. The van der Waals surface area contributed by atoms with Crippen LogP contribution in [0.5, 0.6) is 0 Å². The molecule has 8 heteroatoms. The van der Waals surface area contributed by atoms with Crippen LogP contribution in [0.15, 0.2) is 132 Å². The van der Waals surface area contributed by atoms with Crippen molar-refractivity contribution in [3.8, 4) is 22.3 Å². The van der Waals surface area contributed by atoms with Gasteiger partial charge in [-0.1, -0.05) is 72.8 Å². The zero-order valence-corrected chi connectivity index (χ0v) is 26.2. The van der Waals surface area contributed by atoms with Gasteiger partial charge in [-0.05, 0) is 88.8 Å². The molecule has 1 amide bonds. The van der Waals surface area contributed by atoms with E-state index in [9.17, 15) is 23.1 Å². The lowest BCUT2D eigenvalue weighted by atomic mass is 9.99. The van der Waals surface area contributed by atoms with Crippen molar-refractivity contribution in [3.63, 3.8) is 0 Å². The highest BCUT2D eigenvalue weighted by Crippen LogP contribution is 2.31. The van der Waals surface area contributed by atoms with Crippen LogP contribution >= 0.6 is 0 Å². The molecule has 1 aromatic heterocycles. The van der Waals surface area contributed by atoms with Gasteiger partial charge in [-0.25, -0.2) is 13.2 Å². The van der Waals surface area contributed by atoms with Crippen LogP contribution in [-0.4, -0.2) is 36.2 Å². The summed E-state index contributed by atoms with van der Waals surface area (Å²) in [5.74, 6) is -1.32. The first-order chi connectivity index (χ1) is 22.1. The molecular weight excluding hydrogens is 596 g/mol. The number of aromatic nitrogens is 1. The maximum atomic E-state index is 14.1. The summed E-state index contributed by atoms with van der Waals surface area (Å²) in [4.78, 5) is 25.6. The summed E-state index contributed by atoms with van der Waals surface area (Å²) >= 11 is 0. The van der Waals surface area contributed by atoms with E-state index in [1.165, 1.54) is 18.4 Å². The van der Waals surface area contributed by atoms with Gasteiger partial charge in [-0.15, -0.1) is 0 Å². The Hall–Kier alpha value is -5.47. The lowest BCUT2D eigenvalue weighted by Crippen LogP contribution is -2.27. The van der Waals surface area contributed by atoms with E-state index in [1.807, 2.05) is 55.6 Å². The van der Waals surface area contributed by atoms with E-state index in [4.69, 9.17) is 0 Å². The summed E-state index contributed by atoms with van der Waals surface area (Å²) in [5, 5.41) is 13.2. The number of amides is 1. The predicted molar refractivity (Wildman–Crippen MR) is 181 cm³/mol. The average molecular weight is 629 g/mol. The quantitative estimate of drug-likeness (QED) is 0.171. The van der Waals surface area contributed by atoms with Crippen molar-refractivity contribution >= 4 is 32.6 Å². The number of hydrogen-bond acceptors (Lipinski definition) is 4. The molecule has 0 aliphatic carbocycles. The van der Waals surface area contributed by atoms with E-state index in [0.717, 1.165) is 33.2 Å². The van der Waals surface area contributed by atoms with E-state index in [1.54, 1.807) is 36.4 Å². The molecule has 0 aliphatic heterocycles. The molecule has 0 saturated carbocycles. The highest BCUT2D eigenvalue weighted by atomic mass is 32.2. The summed E-state index contributed by atoms with van der Waals surface area (Å²) in [7, 11) is -3.43. The van der Waals surface area contributed by atoms with Crippen molar-refractivity contribution in [1.29, 1.82) is 0 Å². The molecule has 7 nitrogen and oxygen atoms in total. The Kier molecular flexibility index (Phi) is 8.30. The first-order valence-electron chi connectivity index (χ1n) is 14.8. The Bertz CT molecular complexity index is 2190. The number of benzene rings is 5. The predicted octanol–water partition coefficient (Wildman–Crippen LogP) is 7.62. The van der Waals surface area contributed by atoms with Crippen molar-refractivity contribution in [2.75, 3.05) is 6.26 Å². The molecule has 1 heterocycles. The average Bonchev–Trinajstić information content (AvgIpc) is 3.46. The van der Waals surface area contributed by atoms with Crippen LogP contribution in [0.3, 0.4) is 0 Å². The number of nitrogens with zero attached hydrogens (tertiary/aromatic N) is 1. The van der Waals surface area contributed by atoms with Crippen LogP contribution in [-0.2, 0) is 16.4 Å². The number of aromatic carboxylic acids is 1. The maximum Gasteiger partial charge on any atom is 0.335 e. The number of carboxylic acid groups (broad SMARTS) is 1. The summed E-state index contributed by atoms with van der Waals surface area (Å²) in [5.41, 5.74) is 6.81. The Balaban J connectivity index is 1.41. The molecular formula is C38H32N2O5S. The third kappa shape index (κ3) is 6.48. The van der Waals surface area contributed by atoms with Gasteiger partial charge in [0, 0.05) is 24.4 Å². The molecule has 6 aromatic rings. The Morgan fingerprint density at radius 1 is 0.761 bits per heavy atom. The van der Waals surface area contributed by atoms with E-state index in [-0.39, 0.29) is 16.4 Å². The SMILES string of the molecule is C[C@H](NC(=O)c1cc(-c2cccc(S(C)(=O)=O)c2)cc2ccn(Cc3cccc(-c4ccccc4)c3)c12)c1ccc(C(=O)O)cc1. The number of rotatable bonds is 9. The lowest BCUT2D eigenvalue weighted by molar-refractivity contribution is 0.0696. The number of carbonyl (C=O) groups is 2. The highest BCUT2D eigenvalue weighted by molar-refractivity contribution is 7.90. The minimum absolute atomic E-state index is 0.169. The third-order valence-electron chi connectivity index (χ3n) is 8.09. The maximum absolute atomic E-state index is 14.1. The summed E-state index contributed by atoms with van der Waals surface area (Å²) in [6, 6.07) is 36.9. The minimum atomic E-state index is -3.43. The van der Waals surface area contributed by atoms with Gasteiger partial charge < -0.3 is 15.0 Å². The molecule has 46 heavy (non-hydrogen) atoms. The molecule has 5 aromatic carbocycles. The molecule has 0 fully saturated rings. The zero-order chi connectivity index (χ0) is 32.4. The second kappa shape index (κ2) is 12.5. The standard InChI is InChI=1S/C38H32N2O5S/c1-25(27-14-16-29(17-15-27)38(42)43)39-37(41)35-23-33(31-12-7-13-34(22-31)46(2,44)45)21-32-18-19-40(36(32)35)24-26-8-6-11-30(20-26)28-9-4-3-5-10-28/h3-23,25H,24H2,1-2H3,(H,39,41)(H,42,43)/t25-/m0/s1. The van der Waals surface area contributed by atoms with Crippen LogP contribution in [0.4, 0.5) is 0 Å². The topological polar surface area (TPSA) is 105 Å². The van der Waals surface area contributed by atoms with Gasteiger partial charge >= 0.3 is 5.97 Å². The second-order valence-corrected chi connectivity index (χ2v) is 13.4. The highest BCUT2D eigenvalue weighted by Gasteiger charge is 2.20. The van der Waals surface area contributed by atoms with Crippen LogP contribution in [0.25, 0.3) is 33.2 Å². The fourth-order valence-corrected chi connectivity index (χ4v) is 6.34. The second-order valence-electron chi connectivity index (χ2n) is 11.4. The molecule has 1 atom stereocenters. The van der Waals surface area contributed by atoms with E-state index >= 15 is 0 Å². The smallest absolute Gasteiger partial charge is 0.335 e. The molecule has 2 N–H and O–H groups in total. The number of carboxylic acids is 1. The van der Waals surface area contributed by atoms with E-state index in [2.05, 4.69) is 40.2 Å². The number of fused-ring (bicyclic) bond motifs is 1. The van der Waals surface area contributed by atoms with Gasteiger partial charge in [0.2, 0.25) is 0 Å². The van der Waals surface area contributed by atoms with Crippen molar-refractivity contribution in [2.45, 2.75) is 24.4 Å². The van der Waals surface area contributed by atoms with Crippen molar-refractivity contribution in [1.82, 2.24) is 9.88 Å². The molecule has 0 saturated heterocycles. The molecule has 0 radical (unpaired) electrons. The van der Waals surface area contributed by atoms with Crippen LogP contribution in [0, 0.1) is 0 Å². The Morgan fingerprint density at radius 2 is 1.43 bits per heavy atom. The summed E-state index contributed by atoms with van der Waals surface area (Å²) in [6.45, 7) is 2.37. The fraction of sp³-hybridized carbons (Fsp3) is 0.105.